The number of nitrogens with one attached hydrogen (secondary N) is 2. The van der Waals surface area contributed by atoms with Gasteiger partial charge in [0, 0.05) is 5.56 Å². The first-order chi connectivity index (χ1) is 11.6. The predicted molar refractivity (Wildman–Crippen MR) is 96.7 cm³/mol. The molecule has 2 atom stereocenters. The number of aryl methyl sites for hydroxylation is 1. The molecule has 1 amide bonds. The molecule has 1 aromatic carbocycles. The van der Waals surface area contributed by atoms with Crippen LogP contribution in [-0.4, -0.2) is 38.3 Å². The first kappa shape index (κ1) is 17.1. The number of hydrogen-bond donors (Lipinski definition) is 2. The Morgan fingerprint density at radius 2 is 2.04 bits per heavy atom. The summed E-state index contributed by atoms with van der Waals surface area (Å²) in [5.41, 5.74) is 1.83. The highest BCUT2D eigenvalue weighted by molar-refractivity contribution is 7.10. The van der Waals surface area contributed by atoms with E-state index in [-0.39, 0.29) is 18.0 Å². The van der Waals surface area contributed by atoms with Crippen molar-refractivity contribution in [3.63, 3.8) is 0 Å². The monoisotopic (exact) mass is 345 g/mol. The SMILES string of the molecule is Cc1cccc(C(=O)N[C@H](C)[C@H](c2cccs2)[NH+]2CCOCC2)c1. The zero-order valence-electron chi connectivity index (χ0n) is 14.2. The molecule has 0 unspecified atom stereocenters. The molecule has 1 aliphatic heterocycles. The average Bonchev–Trinajstić information content (AvgIpc) is 3.10. The molecule has 128 valence electrons. The van der Waals surface area contributed by atoms with E-state index in [0.717, 1.165) is 37.4 Å². The fourth-order valence-electron chi connectivity index (χ4n) is 3.37. The van der Waals surface area contributed by atoms with Crippen LogP contribution in [0.3, 0.4) is 0 Å². The number of rotatable bonds is 5. The van der Waals surface area contributed by atoms with Crippen molar-refractivity contribution >= 4 is 17.2 Å². The fourth-order valence-corrected chi connectivity index (χ4v) is 4.36. The van der Waals surface area contributed by atoms with E-state index >= 15 is 0 Å². The second-order valence-corrected chi connectivity index (χ2v) is 7.37. The second kappa shape index (κ2) is 7.92. The normalized spacial score (nSPS) is 18.1. The minimum absolute atomic E-state index is 0.000385. The number of benzene rings is 1. The third kappa shape index (κ3) is 4.04. The van der Waals surface area contributed by atoms with Gasteiger partial charge in [0.2, 0.25) is 0 Å². The van der Waals surface area contributed by atoms with Crippen LogP contribution in [0, 0.1) is 6.92 Å². The Hall–Kier alpha value is -1.69. The van der Waals surface area contributed by atoms with Crippen LogP contribution in [0.2, 0.25) is 0 Å². The lowest BCUT2D eigenvalue weighted by atomic mass is 10.0. The molecule has 2 aromatic rings. The van der Waals surface area contributed by atoms with Crippen LogP contribution in [0.1, 0.15) is 33.8 Å². The highest BCUT2D eigenvalue weighted by atomic mass is 32.1. The highest BCUT2D eigenvalue weighted by Gasteiger charge is 2.33. The molecule has 2 heterocycles. The number of quaternary nitrogens is 1. The number of amides is 1. The Labute approximate surface area is 147 Å². The number of hydrogen-bond acceptors (Lipinski definition) is 3. The van der Waals surface area contributed by atoms with Crippen molar-refractivity contribution in [2.75, 3.05) is 26.3 Å². The number of thiophene rings is 1. The number of ether oxygens (including phenoxy) is 1. The first-order valence-corrected chi connectivity index (χ1v) is 9.36. The van der Waals surface area contributed by atoms with Gasteiger partial charge in [-0.3, -0.25) is 4.79 Å². The Kier molecular flexibility index (Phi) is 5.66. The van der Waals surface area contributed by atoms with Crippen molar-refractivity contribution in [3.05, 3.63) is 57.8 Å². The minimum atomic E-state index is 0.000385. The molecule has 1 fully saturated rings. The zero-order chi connectivity index (χ0) is 16.9. The van der Waals surface area contributed by atoms with Gasteiger partial charge in [0.1, 0.15) is 19.1 Å². The van der Waals surface area contributed by atoms with Crippen molar-refractivity contribution in [3.8, 4) is 0 Å². The molecule has 0 saturated carbocycles. The van der Waals surface area contributed by atoms with E-state index in [1.807, 2.05) is 31.2 Å². The molecule has 0 radical (unpaired) electrons. The fraction of sp³-hybridized carbons (Fsp3) is 0.421. The molecule has 24 heavy (non-hydrogen) atoms. The van der Waals surface area contributed by atoms with Gasteiger partial charge in [0.15, 0.2) is 0 Å². The quantitative estimate of drug-likeness (QED) is 0.868. The lowest BCUT2D eigenvalue weighted by Crippen LogP contribution is -3.15. The average molecular weight is 345 g/mol. The molecular formula is C19H25N2O2S+. The topological polar surface area (TPSA) is 42.8 Å². The van der Waals surface area contributed by atoms with Gasteiger partial charge in [-0.1, -0.05) is 23.8 Å². The molecule has 3 rings (SSSR count). The first-order valence-electron chi connectivity index (χ1n) is 8.48. The van der Waals surface area contributed by atoms with E-state index in [1.165, 1.54) is 9.78 Å². The Balaban J connectivity index is 1.75. The molecule has 4 nitrogen and oxygen atoms in total. The predicted octanol–water partition coefficient (Wildman–Crippen LogP) is 1.83. The van der Waals surface area contributed by atoms with E-state index in [0.29, 0.717) is 0 Å². The van der Waals surface area contributed by atoms with Gasteiger partial charge in [-0.05, 0) is 37.4 Å². The number of carbonyl (C=O) groups excluding carboxylic acids is 1. The van der Waals surface area contributed by atoms with Crippen molar-refractivity contribution in [2.45, 2.75) is 25.9 Å². The highest BCUT2D eigenvalue weighted by Crippen LogP contribution is 2.20. The molecule has 2 N–H and O–H groups in total. The summed E-state index contributed by atoms with van der Waals surface area (Å²) >= 11 is 1.77. The van der Waals surface area contributed by atoms with Gasteiger partial charge in [0.05, 0.1) is 24.1 Å². The van der Waals surface area contributed by atoms with Gasteiger partial charge in [-0.2, -0.15) is 0 Å². The van der Waals surface area contributed by atoms with Crippen molar-refractivity contribution < 1.29 is 14.4 Å². The van der Waals surface area contributed by atoms with Crippen LogP contribution >= 0.6 is 11.3 Å². The molecular weight excluding hydrogens is 320 g/mol. The molecule has 0 spiro atoms. The van der Waals surface area contributed by atoms with Crippen molar-refractivity contribution in [1.82, 2.24) is 5.32 Å². The van der Waals surface area contributed by atoms with Gasteiger partial charge in [-0.25, -0.2) is 0 Å². The van der Waals surface area contributed by atoms with Crippen LogP contribution in [0.15, 0.2) is 41.8 Å². The summed E-state index contributed by atoms with van der Waals surface area (Å²) in [6.07, 6.45) is 0. The summed E-state index contributed by atoms with van der Waals surface area (Å²) in [4.78, 5) is 15.4. The lowest BCUT2D eigenvalue weighted by Gasteiger charge is -2.34. The van der Waals surface area contributed by atoms with Crippen LogP contribution in [0.5, 0.6) is 0 Å². The van der Waals surface area contributed by atoms with Gasteiger partial charge in [-0.15, -0.1) is 11.3 Å². The van der Waals surface area contributed by atoms with E-state index < -0.39 is 0 Å². The van der Waals surface area contributed by atoms with Crippen LogP contribution in [-0.2, 0) is 4.74 Å². The molecule has 0 bridgehead atoms. The van der Waals surface area contributed by atoms with Gasteiger partial charge < -0.3 is 15.0 Å². The summed E-state index contributed by atoms with van der Waals surface area (Å²) in [5.74, 6) is 0.000385. The number of carbonyl (C=O) groups is 1. The molecule has 5 heteroatoms. The molecule has 1 aromatic heterocycles. The van der Waals surface area contributed by atoms with Gasteiger partial charge in [0.25, 0.3) is 5.91 Å². The maximum Gasteiger partial charge on any atom is 0.251 e. The van der Waals surface area contributed by atoms with Crippen LogP contribution in [0.4, 0.5) is 0 Å². The van der Waals surface area contributed by atoms with Crippen molar-refractivity contribution in [1.29, 1.82) is 0 Å². The van der Waals surface area contributed by atoms with E-state index in [4.69, 9.17) is 4.74 Å². The summed E-state index contributed by atoms with van der Waals surface area (Å²) < 4.78 is 5.51. The Morgan fingerprint density at radius 3 is 2.71 bits per heavy atom. The lowest BCUT2D eigenvalue weighted by molar-refractivity contribution is -0.939. The Bertz CT molecular complexity index is 666. The van der Waals surface area contributed by atoms with E-state index in [2.05, 4.69) is 29.8 Å². The minimum Gasteiger partial charge on any atom is -0.370 e. The largest absolute Gasteiger partial charge is 0.370 e. The second-order valence-electron chi connectivity index (χ2n) is 6.40. The summed E-state index contributed by atoms with van der Waals surface area (Å²) in [6, 6.07) is 12.3. The van der Waals surface area contributed by atoms with E-state index in [1.54, 1.807) is 11.3 Å². The third-order valence-corrected chi connectivity index (χ3v) is 5.52. The maximum absolute atomic E-state index is 12.6. The van der Waals surface area contributed by atoms with Crippen molar-refractivity contribution in [2.24, 2.45) is 0 Å². The van der Waals surface area contributed by atoms with Gasteiger partial charge >= 0.3 is 0 Å². The van der Waals surface area contributed by atoms with Crippen LogP contribution < -0.4 is 10.2 Å². The summed E-state index contributed by atoms with van der Waals surface area (Å²) in [7, 11) is 0. The molecule has 1 aliphatic rings. The maximum atomic E-state index is 12.6. The standard InChI is InChI=1S/C19H24N2O2S/c1-14-5-3-6-16(13-14)19(22)20-15(2)18(17-7-4-12-24-17)21-8-10-23-11-9-21/h3-7,12-13,15,18H,8-11H2,1-2H3,(H,20,22)/p+1/t15-,18-/m1/s1. The molecule has 0 aliphatic carbocycles. The Morgan fingerprint density at radius 1 is 1.25 bits per heavy atom. The summed E-state index contributed by atoms with van der Waals surface area (Å²) in [5, 5.41) is 5.32. The third-order valence-electron chi connectivity index (χ3n) is 4.56. The molecule has 1 saturated heterocycles. The van der Waals surface area contributed by atoms with Crippen LogP contribution in [0.25, 0.3) is 0 Å². The number of morpholine rings is 1. The smallest absolute Gasteiger partial charge is 0.251 e. The zero-order valence-corrected chi connectivity index (χ0v) is 15.1. The van der Waals surface area contributed by atoms with E-state index in [9.17, 15) is 4.79 Å². The summed E-state index contributed by atoms with van der Waals surface area (Å²) in [6.45, 7) is 7.65.